The minimum Gasteiger partial charge on any atom is -0.357 e. The number of rotatable bonds is 4. The number of benzene rings is 1. The first-order chi connectivity index (χ1) is 12.7. The molecular formula is C20H32IN5O. The Morgan fingerprint density at radius 3 is 2.44 bits per heavy atom. The van der Waals surface area contributed by atoms with Gasteiger partial charge in [0.25, 0.3) is 0 Å². The Morgan fingerprint density at radius 2 is 1.78 bits per heavy atom. The summed E-state index contributed by atoms with van der Waals surface area (Å²) < 4.78 is 0. The van der Waals surface area contributed by atoms with Crippen LogP contribution in [0, 0.1) is 0 Å². The molecule has 0 bridgehead atoms. The third-order valence-corrected chi connectivity index (χ3v) is 5.26. The van der Waals surface area contributed by atoms with Gasteiger partial charge in [-0.3, -0.25) is 14.7 Å². The number of halogens is 1. The summed E-state index contributed by atoms with van der Waals surface area (Å²) in [6, 6.07) is 8.70. The van der Waals surface area contributed by atoms with Crippen LogP contribution in [0.15, 0.2) is 29.3 Å². The van der Waals surface area contributed by atoms with Crippen LogP contribution in [0.25, 0.3) is 0 Å². The van der Waals surface area contributed by atoms with E-state index in [2.05, 4.69) is 46.3 Å². The molecule has 0 aromatic heterocycles. The van der Waals surface area contributed by atoms with E-state index in [9.17, 15) is 4.79 Å². The van der Waals surface area contributed by atoms with Gasteiger partial charge in [-0.05, 0) is 24.5 Å². The minimum absolute atomic E-state index is 0. The number of guanidine groups is 1. The average molecular weight is 485 g/mol. The molecule has 0 aliphatic carbocycles. The van der Waals surface area contributed by atoms with E-state index in [-0.39, 0.29) is 29.9 Å². The maximum absolute atomic E-state index is 11.4. The van der Waals surface area contributed by atoms with E-state index < -0.39 is 0 Å². The van der Waals surface area contributed by atoms with E-state index >= 15 is 0 Å². The zero-order chi connectivity index (χ0) is 18.4. The third kappa shape index (κ3) is 6.07. The fraction of sp³-hybridized carbons (Fsp3) is 0.600. The summed E-state index contributed by atoms with van der Waals surface area (Å²) in [6.45, 7) is 11.9. The number of piperazine rings is 1. The molecule has 6 nitrogen and oxygen atoms in total. The number of hydrogen-bond acceptors (Lipinski definition) is 3. The van der Waals surface area contributed by atoms with E-state index in [4.69, 9.17) is 4.99 Å². The molecule has 1 amide bonds. The lowest BCUT2D eigenvalue weighted by Crippen LogP contribution is -2.49. The smallest absolute Gasteiger partial charge is 0.219 e. The molecule has 1 saturated heterocycles. The van der Waals surface area contributed by atoms with Gasteiger partial charge in [0.2, 0.25) is 5.91 Å². The molecule has 0 saturated carbocycles. The van der Waals surface area contributed by atoms with Crippen LogP contribution < -0.4 is 5.32 Å². The van der Waals surface area contributed by atoms with Gasteiger partial charge >= 0.3 is 0 Å². The number of carbonyl (C=O) groups is 1. The van der Waals surface area contributed by atoms with Crippen LogP contribution in [-0.2, 0) is 17.8 Å². The zero-order valence-electron chi connectivity index (χ0n) is 16.5. The predicted molar refractivity (Wildman–Crippen MR) is 121 cm³/mol. The first-order valence-electron chi connectivity index (χ1n) is 9.75. The van der Waals surface area contributed by atoms with Gasteiger partial charge in [0.1, 0.15) is 0 Å². The zero-order valence-corrected chi connectivity index (χ0v) is 18.8. The van der Waals surface area contributed by atoms with Crippen LogP contribution in [-0.4, -0.2) is 78.9 Å². The summed E-state index contributed by atoms with van der Waals surface area (Å²) in [4.78, 5) is 23.0. The summed E-state index contributed by atoms with van der Waals surface area (Å²) >= 11 is 0. The molecule has 0 radical (unpaired) electrons. The highest BCUT2D eigenvalue weighted by atomic mass is 127. The molecule has 150 valence electrons. The molecule has 0 spiro atoms. The number of fused-ring (bicyclic) bond motifs is 1. The summed E-state index contributed by atoms with van der Waals surface area (Å²) in [5, 5.41) is 3.45. The fourth-order valence-electron chi connectivity index (χ4n) is 3.69. The molecule has 2 heterocycles. The number of hydrogen-bond donors (Lipinski definition) is 1. The highest BCUT2D eigenvalue weighted by Gasteiger charge is 2.20. The van der Waals surface area contributed by atoms with E-state index in [1.54, 1.807) is 6.92 Å². The van der Waals surface area contributed by atoms with Crippen molar-refractivity contribution in [3.8, 4) is 0 Å². The second-order valence-corrected chi connectivity index (χ2v) is 7.02. The number of nitrogens with zero attached hydrogens (tertiary/aromatic N) is 4. The standard InChI is InChI=1S/C20H31N5O.HI/c1-3-21-20(25-10-8-18-6-4-5-7-19(18)16-25)22-9-11-23-12-14-24(15-13-23)17(2)26;/h4-7H,3,8-16H2,1-2H3,(H,21,22);1H. The van der Waals surface area contributed by atoms with Crippen molar-refractivity contribution < 1.29 is 4.79 Å². The van der Waals surface area contributed by atoms with Crippen LogP contribution >= 0.6 is 24.0 Å². The van der Waals surface area contributed by atoms with Gasteiger partial charge in [-0.1, -0.05) is 24.3 Å². The van der Waals surface area contributed by atoms with Crippen molar-refractivity contribution in [3.05, 3.63) is 35.4 Å². The number of nitrogens with one attached hydrogen (secondary N) is 1. The van der Waals surface area contributed by atoms with Crippen molar-refractivity contribution in [1.29, 1.82) is 0 Å². The number of amides is 1. The van der Waals surface area contributed by atoms with E-state index in [0.717, 1.165) is 71.3 Å². The molecule has 1 fully saturated rings. The van der Waals surface area contributed by atoms with Gasteiger partial charge in [-0.15, -0.1) is 24.0 Å². The van der Waals surface area contributed by atoms with Gasteiger partial charge < -0.3 is 15.1 Å². The van der Waals surface area contributed by atoms with Crippen LogP contribution in [0.5, 0.6) is 0 Å². The van der Waals surface area contributed by atoms with E-state index in [0.29, 0.717) is 0 Å². The van der Waals surface area contributed by atoms with Gasteiger partial charge in [-0.25, -0.2) is 0 Å². The number of carbonyl (C=O) groups excluding carboxylic acids is 1. The molecule has 0 atom stereocenters. The van der Waals surface area contributed by atoms with Gasteiger partial charge in [0, 0.05) is 59.3 Å². The van der Waals surface area contributed by atoms with Crippen LogP contribution in [0.4, 0.5) is 0 Å². The topological polar surface area (TPSA) is 51.2 Å². The molecular weight excluding hydrogens is 453 g/mol. The minimum atomic E-state index is 0. The molecule has 2 aliphatic heterocycles. The second-order valence-electron chi connectivity index (χ2n) is 7.02. The SMILES string of the molecule is CCNC(=NCCN1CCN(C(C)=O)CC1)N1CCc2ccccc2C1.I. The van der Waals surface area contributed by atoms with Crippen LogP contribution in [0.2, 0.25) is 0 Å². The summed E-state index contributed by atoms with van der Waals surface area (Å²) in [5.41, 5.74) is 2.87. The third-order valence-electron chi connectivity index (χ3n) is 5.26. The number of aliphatic imine (C=N–C) groups is 1. The monoisotopic (exact) mass is 485 g/mol. The molecule has 27 heavy (non-hydrogen) atoms. The lowest BCUT2D eigenvalue weighted by atomic mass is 10.0. The maximum Gasteiger partial charge on any atom is 0.219 e. The summed E-state index contributed by atoms with van der Waals surface area (Å²) in [7, 11) is 0. The quantitative estimate of drug-likeness (QED) is 0.402. The molecule has 7 heteroatoms. The molecule has 1 N–H and O–H groups in total. The van der Waals surface area contributed by atoms with Crippen molar-refractivity contribution in [2.45, 2.75) is 26.8 Å². The Morgan fingerprint density at radius 1 is 1.07 bits per heavy atom. The highest BCUT2D eigenvalue weighted by Crippen LogP contribution is 2.18. The van der Waals surface area contributed by atoms with E-state index in [1.165, 1.54) is 11.1 Å². The summed E-state index contributed by atoms with van der Waals surface area (Å²) in [5.74, 6) is 1.20. The molecule has 2 aliphatic rings. The average Bonchev–Trinajstić information content (AvgIpc) is 2.67. The van der Waals surface area contributed by atoms with Crippen molar-refractivity contribution in [1.82, 2.24) is 20.0 Å². The Bertz CT molecular complexity index is 643. The normalized spacial score (nSPS) is 17.9. The Balaban J connectivity index is 0.00000261. The lowest BCUT2D eigenvalue weighted by molar-refractivity contribution is -0.130. The Hall–Kier alpha value is -1.35. The van der Waals surface area contributed by atoms with Crippen molar-refractivity contribution in [3.63, 3.8) is 0 Å². The Kier molecular flexibility index (Phi) is 8.82. The first-order valence-corrected chi connectivity index (χ1v) is 9.75. The lowest BCUT2D eigenvalue weighted by Gasteiger charge is -2.34. The molecule has 3 rings (SSSR count). The fourth-order valence-corrected chi connectivity index (χ4v) is 3.69. The maximum atomic E-state index is 11.4. The van der Waals surface area contributed by atoms with Crippen molar-refractivity contribution in [2.75, 3.05) is 52.4 Å². The largest absolute Gasteiger partial charge is 0.357 e. The van der Waals surface area contributed by atoms with Crippen molar-refractivity contribution in [2.24, 2.45) is 4.99 Å². The highest BCUT2D eigenvalue weighted by molar-refractivity contribution is 14.0. The van der Waals surface area contributed by atoms with Crippen LogP contribution in [0.1, 0.15) is 25.0 Å². The summed E-state index contributed by atoms with van der Waals surface area (Å²) in [6.07, 6.45) is 1.08. The predicted octanol–water partition coefficient (Wildman–Crippen LogP) is 1.79. The van der Waals surface area contributed by atoms with Gasteiger partial charge in [0.05, 0.1) is 6.54 Å². The molecule has 1 aromatic carbocycles. The molecule has 1 aromatic rings. The first kappa shape index (κ1) is 21.9. The van der Waals surface area contributed by atoms with E-state index in [1.807, 2.05) is 4.90 Å². The van der Waals surface area contributed by atoms with Gasteiger partial charge in [-0.2, -0.15) is 0 Å². The second kappa shape index (κ2) is 10.8. The van der Waals surface area contributed by atoms with Gasteiger partial charge in [0.15, 0.2) is 5.96 Å². The van der Waals surface area contributed by atoms with Crippen molar-refractivity contribution >= 4 is 35.8 Å². The van der Waals surface area contributed by atoms with Crippen LogP contribution in [0.3, 0.4) is 0 Å². The molecule has 0 unspecified atom stereocenters. The Labute approximate surface area is 180 Å².